The lowest BCUT2D eigenvalue weighted by Crippen LogP contribution is -1.91. The number of halogens is 1. The average Bonchev–Trinajstić information content (AvgIpc) is 3.12. The fraction of sp³-hybridized carbons (Fsp3) is 0. The third-order valence-corrected chi connectivity index (χ3v) is 5.01. The summed E-state index contributed by atoms with van der Waals surface area (Å²) in [6.07, 6.45) is 3.89. The van der Waals surface area contributed by atoms with E-state index >= 15 is 0 Å². The minimum Gasteiger partial charge on any atom is -0.299 e. The first-order valence-electron chi connectivity index (χ1n) is 7.85. The maximum Gasteiger partial charge on any atom is 0.145 e. The van der Waals surface area contributed by atoms with Crippen LogP contribution in [0.3, 0.4) is 0 Å². The van der Waals surface area contributed by atoms with Gasteiger partial charge in [0.2, 0.25) is 0 Å². The predicted molar refractivity (Wildman–Crippen MR) is 103 cm³/mol. The van der Waals surface area contributed by atoms with Crippen molar-refractivity contribution in [3.8, 4) is 11.1 Å². The summed E-state index contributed by atoms with van der Waals surface area (Å²) < 4.78 is 3.23. The Kier molecular flexibility index (Phi) is 2.97. The molecule has 0 amide bonds. The Morgan fingerprint density at radius 1 is 0.750 bits per heavy atom. The maximum absolute atomic E-state index is 4.56. The highest BCUT2D eigenvalue weighted by molar-refractivity contribution is 9.10. The molecule has 3 aromatic carbocycles. The largest absolute Gasteiger partial charge is 0.299 e. The molecule has 0 saturated heterocycles. The predicted octanol–water partition coefficient (Wildman–Crippen LogP) is 6.07. The summed E-state index contributed by atoms with van der Waals surface area (Å²) in [5, 5.41) is 3.63. The van der Waals surface area contributed by atoms with Gasteiger partial charge in [-0.05, 0) is 40.8 Å². The van der Waals surface area contributed by atoms with Crippen molar-refractivity contribution in [2.24, 2.45) is 0 Å². The number of fused-ring (bicyclic) bond motifs is 6. The molecule has 0 aliphatic heterocycles. The number of pyridine rings is 1. The lowest BCUT2D eigenvalue weighted by Gasteiger charge is -2.11. The monoisotopic (exact) mass is 372 g/mol. The van der Waals surface area contributed by atoms with Crippen LogP contribution in [-0.4, -0.2) is 9.38 Å². The number of hydrogen-bond acceptors (Lipinski definition) is 1. The average molecular weight is 373 g/mol. The van der Waals surface area contributed by atoms with E-state index in [1.54, 1.807) is 0 Å². The highest BCUT2D eigenvalue weighted by atomic mass is 79.9. The number of hydrogen-bond donors (Lipinski definition) is 0. The van der Waals surface area contributed by atoms with Crippen molar-refractivity contribution in [3.05, 3.63) is 83.6 Å². The molecule has 0 unspecified atom stereocenters. The van der Waals surface area contributed by atoms with Gasteiger partial charge in [0.05, 0.1) is 5.52 Å². The zero-order valence-electron chi connectivity index (χ0n) is 12.8. The molecule has 0 N–H and O–H groups in total. The fourth-order valence-corrected chi connectivity index (χ4v) is 3.77. The fourth-order valence-electron chi connectivity index (χ4n) is 3.41. The Balaban J connectivity index is 1.95. The quantitative estimate of drug-likeness (QED) is 0.326. The number of imidazole rings is 1. The van der Waals surface area contributed by atoms with Gasteiger partial charge in [0.25, 0.3) is 0 Å². The van der Waals surface area contributed by atoms with Gasteiger partial charge < -0.3 is 0 Å². The summed E-state index contributed by atoms with van der Waals surface area (Å²) in [7, 11) is 0. The molecule has 0 atom stereocenters. The van der Waals surface area contributed by atoms with Crippen LogP contribution in [0, 0.1) is 0 Å². The van der Waals surface area contributed by atoms with E-state index < -0.39 is 0 Å². The number of rotatable bonds is 1. The second-order valence-corrected chi connectivity index (χ2v) is 6.82. The molecule has 24 heavy (non-hydrogen) atoms. The first-order valence-corrected chi connectivity index (χ1v) is 8.64. The lowest BCUT2D eigenvalue weighted by molar-refractivity contribution is 1.27. The van der Waals surface area contributed by atoms with Crippen LogP contribution in [0.25, 0.3) is 38.4 Å². The van der Waals surface area contributed by atoms with Crippen molar-refractivity contribution in [2.45, 2.75) is 0 Å². The van der Waals surface area contributed by atoms with Crippen LogP contribution in [-0.2, 0) is 0 Å². The van der Waals surface area contributed by atoms with Crippen LogP contribution in [0.2, 0.25) is 0 Å². The second kappa shape index (κ2) is 5.18. The zero-order chi connectivity index (χ0) is 16.1. The van der Waals surface area contributed by atoms with Crippen LogP contribution in [0.15, 0.2) is 83.6 Å². The third kappa shape index (κ3) is 1.98. The van der Waals surface area contributed by atoms with Gasteiger partial charge in [-0.1, -0.05) is 58.4 Å². The van der Waals surface area contributed by atoms with E-state index in [9.17, 15) is 0 Å². The van der Waals surface area contributed by atoms with Crippen molar-refractivity contribution in [1.29, 1.82) is 0 Å². The van der Waals surface area contributed by atoms with Gasteiger partial charge in [0, 0.05) is 27.6 Å². The van der Waals surface area contributed by atoms with E-state index in [-0.39, 0.29) is 0 Å². The van der Waals surface area contributed by atoms with E-state index in [4.69, 9.17) is 0 Å². The summed E-state index contributed by atoms with van der Waals surface area (Å²) in [5.41, 5.74) is 4.63. The Labute approximate surface area is 147 Å². The zero-order valence-corrected chi connectivity index (χ0v) is 14.4. The minimum absolute atomic E-state index is 0.992. The molecule has 3 heteroatoms. The molecule has 114 valence electrons. The number of aromatic nitrogens is 2. The van der Waals surface area contributed by atoms with Gasteiger partial charge in [-0.15, -0.1) is 0 Å². The highest BCUT2D eigenvalue weighted by Gasteiger charge is 2.10. The van der Waals surface area contributed by atoms with E-state index in [0.717, 1.165) is 15.5 Å². The summed E-state index contributed by atoms with van der Waals surface area (Å²) >= 11 is 3.58. The van der Waals surface area contributed by atoms with Crippen molar-refractivity contribution in [2.75, 3.05) is 0 Å². The van der Waals surface area contributed by atoms with Crippen molar-refractivity contribution in [1.82, 2.24) is 9.38 Å². The first-order chi connectivity index (χ1) is 11.8. The molecule has 2 nitrogen and oxygen atoms in total. The molecule has 0 aliphatic carbocycles. The summed E-state index contributed by atoms with van der Waals surface area (Å²) in [5.74, 6) is 0. The molecular weight excluding hydrogens is 360 g/mol. The third-order valence-electron chi connectivity index (χ3n) is 4.52. The normalized spacial score (nSPS) is 11.5. The Morgan fingerprint density at radius 2 is 1.62 bits per heavy atom. The molecule has 5 aromatic rings. The Morgan fingerprint density at radius 3 is 2.50 bits per heavy atom. The Hall–Kier alpha value is -2.65. The van der Waals surface area contributed by atoms with Gasteiger partial charge in [0.1, 0.15) is 5.65 Å². The van der Waals surface area contributed by atoms with Gasteiger partial charge in [0.15, 0.2) is 0 Å². The summed E-state index contributed by atoms with van der Waals surface area (Å²) in [4.78, 5) is 4.56. The minimum atomic E-state index is 0.992. The maximum atomic E-state index is 4.56. The molecule has 5 rings (SSSR count). The molecule has 0 radical (unpaired) electrons. The second-order valence-electron chi connectivity index (χ2n) is 5.91. The number of nitrogens with zero attached hydrogens (tertiary/aromatic N) is 2. The molecule has 0 spiro atoms. The van der Waals surface area contributed by atoms with E-state index in [1.165, 1.54) is 27.4 Å². The molecule has 0 fully saturated rings. The van der Waals surface area contributed by atoms with E-state index in [0.29, 0.717) is 0 Å². The smallest absolute Gasteiger partial charge is 0.145 e. The van der Waals surface area contributed by atoms with E-state index in [1.807, 2.05) is 18.5 Å². The molecule has 0 bridgehead atoms. The summed E-state index contributed by atoms with van der Waals surface area (Å²) in [6.45, 7) is 0. The van der Waals surface area contributed by atoms with Gasteiger partial charge in [-0.3, -0.25) is 4.40 Å². The molecule has 2 heterocycles. The Bertz CT molecular complexity index is 1210. The molecule has 0 saturated carbocycles. The molecule has 0 aliphatic rings. The van der Waals surface area contributed by atoms with Crippen molar-refractivity contribution in [3.63, 3.8) is 0 Å². The highest BCUT2D eigenvalue weighted by Crippen LogP contribution is 2.33. The van der Waals surface area contributed by atoms with Crippen molar-refractivity contribution < 1.29 is 0 Å². The topological polar surface area (TPSA) is 17.3 Å². The van der Waals surface area contributed by atoms with Gasteiger partial charge in [-0.2, -0.15) is 0 Å². The van der Waals surface area contributed by atoms with Crippen LogP contribution < -0.4 is 0 Å². The lowest BCUT2D eigenvalue weighted by atomic mass is 10.00. The van der Waals surface area contributed by atoms with Gasteiger partial charge in [-0.25, -0.2) is 4.98 Å². The SMILES string of the molecule is Brc1ccc2c3cc(-c4ccccc4)ccc3n3ccnc3c2c1. The standard InChI is InChI=1S/C21H13BrN2/c22-16-7-8-17-18-12-15(14-4-2-1-3-5-14)6-9-20(18)24-11-10-23-21(24)19(17)13-16/h1-13H. The molecule has 2 aromatic heterocycles. The van der Waals surface area contributed by atoms with Crippen molar-refractivity contribution >= 4 is 43.3 Å². The van der Waals surface area contributed by atoms with Crippen LogP contribution >= 0.6 is 15.9 Å². The van der Waals surface area contributed by atoms with Crippen LogP contribution in [0.4, 0.5) is 0 Å². The van der Waals surface area contributed by atoms with Crippen LogP contribution in [0.1, 0.15) is 0 Å². The molecular formula is C21H13BrN2. The first kappa shape index (κ1) is 13.8. The van der Waals surface area contributed by atoms with Crippen LogP contribution in [0.5, 0.6) is 0 Å². The number of benzene rings is 3. The summed E-state index contributed by atoms with van der Waals surface area (Å²) in [6, 6.07) is 23.6. The van der Waals surface area contributed by atoms with E-state index in [2.05, 4.69) is 86.0 Å². The van der Waals surface area contributed by atoms with Gasteiger partial charge >= 0.3 is 0 Å².